The number of hydrogen-bond acceptors (Lipinski definition) is 5. The van der Waals surface area contributed by atoms with E-state index in [2.05, 4.69) is 4.72 Å². The third kappa shape index (κ3) is 3.28. The zero-order chi connectivity index (χ0) is 15.7. The summed E-state index contributed by atoms with van der Waals surface area (Å²) in [4.78, 5) is 12.8. The number of carbonyl (C=O) groups is 1. The first kappa shape index (κ1) is 16.0. The van der Waals surface area contributed by atoms with Gasteiger partial charge in [0.15, 0.2) is 0 Å². The second-order valence-electron chi connectivity index (χ2n) is 5.57. The number of aromatic carboxylic acids is 1. The Morgan fingerprint density at radius 2 is 2.00 bits per heavy atom. The number of rotatable bonds is 6. The average molecular weight is 316 g/mol. The van der Waals surface area contributed by atoms with Crippen LogP contribution < -0.4 is 4.72 Å². The highest BCUT2D eigenvalue weighted by Gasteiger charge is 2.37. The minimum absolute atomic E-state index is 0.185. The lowest BCUT2D eigenvalue weighted by atomic mass is 9.97. The van der Waals surface area contributed by atoms with E-state index in [4.69, 9.17) is 9.52 Å². The number of carboxylic acid groups (broad SMARTS) is 1. The highest BCUT2D eigenvalue weighted by Crippen LogP contribution is 2.33. The predicted molar refractivity (Wildman–Crippen MR) is 75.7 cm³/mol. The molecule has 0 unspecified atom stereocenters. The topological polar surface area (TPSA) is 99.9 Å². The van der Waals surface area contributed by atoms with Crippen molar-refractivity contribution in [2.75, 3.05) is 20.6 Å². The Morgan fingerprint density at radius 1 is 1.38 bits per heavy atom. The van der Waals surface area contributed by atoms with E-state index in [9.17, 15) is 13.2 Å². The van der Waals surface area contributed by atoms with Crippen molar-refractivity contribution in [1.82, 2.24) is 9.62 Å². The first-order valence-electron chi connectivity index (χ1n) is 6.77. The van der Waals surface area contributed by atoms with Crippen LogP contribution in [0.15, 0.2) is 21.6 Å². The SMILES string of the molecule is CN(C)C1(CNS(=O)(=O)c2ccc(C(=O)O)o2)CCCC1. The number of carboxylic acids is 1. The zero-order valence-electron chi connectivity index (χ0n) is 12.1. The van der Waals surface area contributed by atoms with Crippen LogP contribution in [0.5, 0.6) is 0 Å². The molecule has 1 heterocycles. The molecule has 0 saturated heterocycles. The number of nitrogens with zero attached hydrogens (tertiary/aromatic N) is 1. The fourth-order valence-electron chi connectivity index (χ4n) is 2.70. The van der Waals surface area contributed by atoms with Gasteiger partial charge in [-0.2, -0.15) is 0 Å². The summed E-state index contributed by atoms with van der Waals surface area (Å²) in [6.07, 6.45) is 4.01. The molecule has 8 heteroatoms. The van der Waals surface area contributed by atoms with Gasteiger partial charge in [0.05, 0.1) is 0 Å². The quantitative estimate of drug-likeness (QED) is 0.816. The Bertz CT molecular complexity index is 614. The lowest BCUT2D eigenvalue weighted by Crippen LogP contribution is -2.50. The van der Waals surface area contributed by atoms with Crippen LogP contribution in [-0.2, 0) is 10.0 Å². The molecule has 0 atom stereocenters. The predicted octanol–water partition coefficient (Wildman–Crippen LogP) is 1.13. The number of hydrogen-bond donors (Lipinski definition) is 2. The fraction of sp³-hybridized carbons (Fsp3) is 0.615. The van der Waals surface area contributed by atoms with Gasteiger partial charge in [0.2, 0.25) is 10.9 Å². The molecule has 0 aliphatic heterocycles. The Morgan fingerprint density at radius 3 is 2.48 bits per heavy atom. The molecule has 0 spiro atoms. The van der Waals surface area contributed by atoms with Gasteiger partial charge >= 0.3 is 5.97 Å². The van der Waals surface area contributed by atoms with E-state index in [1.165, 1.54) is 0 Å². The highest BCUT2D eigenvalue weighted by molar-refractivity contribution is 7.89. The molecule has 1 fully saturated rings. The van der Waals surface area contributed by atoms with Gasteiger partial charge in [-0.1, -0.05) is 12.8 Å². The van der Waals surface area contributed by atoms with Crippen LogP contribution in [0.4, 0.5) is 0 Å². The second-order valence-corrected chi connectivity index (χ2v) is 7.27. The van der Waals surface area contributed by atoms with Crippen molar-refractivity contribution in [3.8, 4) is 0 Å². The molecule has 2 rings (SSSR count). The first-order valence-corrected chi connectivity index (χ1v) is 8.25. The van der Waals surface area contributed by atoms with E-state index in [-0.39, 0.29) is 17.2 Å². The summed E-state index contributed by atoms with van der Waals surface area (Å²) in [5, 5.41) is 8.40. The van der Waals surface area contributed by atoms with Crippen LogP contribution in [0.3, 0.4) is 0 Å². The molecule has 1 aliphatic carbocycles. The van der Waals surface area contributed by atoms with Gasteiger partial charge in [-0.15, -0.1) is 0 Å². The van der Waals surface area contributed by atoms with E-state index in [0.717, 1.165) is 37.8 Å². The monoisotopic (exact) mass is 316 g/mol. The molecule has 0 amide bonds. The van der Waals surface area contributed by atoms with Crippen LogP contribution in [0, 0.1) is 0 Å². The molecule has 0 bridgehead atoms. The van der Waals surface area contributed by atoms with E-state index >= 15 is 0 Å². The summed E-state index contributed by atoms with van der Waals surface area (Å²) in [6.45, 7) is 0.283. The maximum absolute atomic E-state index is 12.2. The largest absolute Gasteiger partial charge is 0.475 e. The molecule has 1 aromatic rings. The molecule has 7 nitrogen and oxygen atoms in total. The molecule has 0 aromatic carbocycles. The lowest BCUT2D eigenvalue weighted by Gasteiger charge is -2.36. The van der Waals surface area contributed by atoms with Crippen LogP contribution >= 0.6 is 0 Å². The van der Waals surface area contributed by atoms with Crippen LogP contribution in [0.2, 0.25) is 0 Å². The van der Waals surface area contributed by atoms with Gasteiger partial charge in [0.25, 0.3) is 10.0 Å². The third-order valence-corrected chi connectivity index (χ3v) is 5.40. The summed E-state index contributed by atoms with van der Waals surface area (Å²) in [7, 11) is 0.0403. The van der Waals surface area contributed by atoms with Crippen molar-refractivity contribution in [2.24, 2.45) is 0 Å². The summed E-state index contributed by atoms with van der Waals surface area (Å²) in [5.41, 5.74) is -0.185. The van der Waals surface area contributed by atoms with Crippen LogP contribution in [-0.4, -0.2) is 50.6 Å². The number of sulfonamides is 1. The molecular weight excluding hydrogens is 296 g/mol. The van der Waals surface area contributed by atoms with Crippen molar-refractivity contribution in [2.45, 2.75) is 36.3 Å². The van der Waals surface area contributed by atoms with E-state index in [0.29, 0.717) is 0 Å². The van der Waals surface area contributed by atoms with Crippen molar-refractivity contribution < 1.29 is 22.7 Å². The van der Waals surface area contributed by atoms with Gasteiger partial charge < -0.3 is 14.4 Å². The molecule has 1 aliphatic rings. The van der Waals surface area contributed by atoms with Crippen molar-refractivity contribution >= 4 is 16.0 Å². The zero-order valence-corrected chi connectivity index (χ0v) is 12.9. The van der Waals surface area contributed by atoms with Gasteiger partial charge in [0.1, 0.15) is 0 Å². The van der Waals surface area contributed by atoms with Crippen molar-refractivity contribution in [1.29, 1.82) is 0 Å². The Hall–Kier alpha value is -1.38. The first-order chi connectivity index (χ1) is 9.77. The maximum Gasteiger partial charge on any atom is 0.371 e. The summed E-state index contributed by atoms with van der Waals surface area (Å²) >= 11 is 0. The number of likely N-dealkylation sites (N-methyl/N-ethyl adjacent to an activating group) is 1. The standard InChI is InChI=1S/C13H20N2O5S/c1-15(2)13(7-3-4-8-13)9-14-21(18,19)11-6-5-10(20-11)12(16)17/h5-6,14H,3-4,7-9H2,1-2H3,(H,16,17). The van der Waals surface area contributed by atoms with Gasteiger partial charge in [-0.3, -0.25) is 0 Å². The second kappa shape index (κ2) is 5.78. The van der Waals surface area contributed by atoms with Gasteiger partial charge in [-0.05, 0) is 39.1 Å². The maximum atomic E-state index is 12.2. The highest BCUT2D eigenvalue weighted by atomic mass is 32.2. The number of nitrogens with one attached hydrogen (secondary N) is 1. The van der Waals surface area contributed by atoms with Crippen LogP contribution in [0.1, 0.15) is 36.2 Å². The van der Waals surface area contributed by atoms with Gasteiger partial charge in [-0.25, -0.2) is 17.9 Å². The summed E-state index contributed by atoms with van der Waals surface area (Å²) in [6, 6.07) is 2.29. The Kier molecular flexibility index (Phi) is 4.40. The molecule has 1 aromatic heterocycles. The molecule has 118 valence electrons. The Labute approximate surface area is 124 Å². The van der Waals surface area contributed by atoms with Crippen LogP contribution in [0.25, 0.3) is 0 Å². The molecule has 2 N–H and O–H groups in total. The normalized spacial score (nSPS) is 18.2. The molecule has 0 radical (unpaired) electrons. The van der Waals surface area contributed by atoms with E-state index < -0.39 is 21.8 Å². The third-order valence-electron chi connectivity index (χ3n) is 4.13. The van der Waals surface area contributed by atoms with E-state index in [1.807, 2.05) is 19.0 Å². The Balaban J connectivity index is 2.12. The molecule has 1 saturated carbocycles. The minimum atomic E-state index is -3.84. The van der Waals surface area contributed by atoms with Crippen molar-refractivity contribution in [3.05, 3.63) is 17.9 Å². The van der Waals surface area contributed by atoms with Gasteiger partial charge in [0, 0.05) is 12.1 Å². The van der Waals surface area contributed by atoms with E-state index in [1.54, 1.807) is 0 Å². The molecule has 21 heavy (non-hydrogen) atoms. The smallest absolute Gasteiger partial charge is 0.371 e. The summed E-state index contributed by atoms with van der Waals surface area (Å²) < 4.78 is 31.7. The fourth-order valence-corrected chi connectivity index (χ4v) is 3.74. The number of furan rings is 1. The minimum Gasteiger partial charge on any atom is -0.475 e. The molecular formula is C13H20N2O5S. The lowest BCUT2D eigenvalue weighted by molar-refractivity contribution is 0.0656. The summed E-state index contributed by atoms with van der Waals surface area (Å²) in [5.74, 6) is -1.68. The average Bonchev–Trinajstić information content (AvgIpc) is 3.07. The van der Waals surface area contributed by atoms with Crippen molar-refractivity contribution in [3.63, 3.8) is 0 Å².